The summed E-state index contributed by atoms with van der Waals surface area (Å²) in [6, 6.07) is 11.9. The number of hydrogen-bond donors (Lipinski definition) is 0. The second-order valence-corrected chi connectivity index (χ2v) is 8.56. The molecule has 0 aliphatic carbocycles. The molecule has 0 N–H and O–H groups in total. The number of hydrogen-bond acceptors (Lipinski definition) is 2. The van der Waals surface area contributed by atoms with Gasteiger partial charge >= 0.3 is 0 Å². The molecule has 0 spiro atoms. The van der Waals surface area contributed by atoms with Gasteiger partial charge in [-0.3, -0.25) is 4.79 Å². The fraction of sp³-hybridized carbons (Fsp3) is 0.105. The first-order valence-corrected chi connectivity index (χ1v) is 10.6. The van der Waals surface area contributed by atoms with Crippen molar-refractivity contribution in [2.24, 2.45) is 0 Å². The van der Waals surface area contributed by atoms with Gasteiger partial charge in [-0.15, -0.1) is 27.7 Å². The summed E-state index contributed by atoms with van der Waals surface area (Å²) in [6.45, 7) is 0.633. The van der Waals surface area contributed by atoms with Crippen molar-refractivity contribution in [1.29, 1.82) is 0 Å². The molecule has 0 radical (unpaired) electrons. The van der Waals surface area contributed by atoms with Gasteiger partial charge in [0.25, 0.3) is 5.56 Å². The normalized spacial score (nSPS) is 10.9. The third-order valence-corrected chi connectivity index (χ3v) is 7.33. The summed E-state index contributed by atoms with van der Waals surface area (Å²) < 4.78 is 21.1. The minimum atomic E-state index is -0.322. The topological polar surface area (TPSA) is 31.2 Å². The molecule has 0 amide bonds. The smallest absolute Gasteiger partial charge is 0.268 e. The van der Waals surface area contributed by atoms with E-state index < -0.39 is 0 Å². The van der Waals surface area contributed by atoms with Crippen molar-refractivity contribution in [3.05, 3.63) is 80.4 Å². The van der Waals surface area contributed by atoms with Crippen LogP contribution in [0.5, 0.6) is 5.75 Å². The Balaban J connectivity index is 1.79. The van der Waals surface area contributed by atoms with Crippen LogP contribution < -0.4 is 26.2 Å². The molecular formula is C19H18BrFNO2P3. The molecule has 3 unspecified atom stereocenters. The van der Waals surface area contributed by atoms with Gasteiger partial charge in [0.2, 0.25) is 0 Å². The second-order valence-electron chi connectivity index (χ2n) is 5.99. The average Bonchev–Trinajstić information content (AvgIpc) is 2.64. The lowest BCUT2D eigenvalue weighted by Gasteiger charge is -2.14. The Labute approximate surface area is 172 Å². The molecule has 0 fully saturated rings. The van der Waals surface area contributed by atoms with Gasteiger partial charge in [0, 0.05) is 6.20 Å². The molecule has 3 nitrogen and oxygen atoms in total. The zero-order chi connectivity index (χ0) is 19.6. The summed E-state index contributed by atoms with van der Waals surface area (Å²) in [5.74, 6) is 0.151. The van der Waals surface area contributed by atoms with Crippen molar-refractivity contribution in [3.63, 3.8) is 0 Å². The van der Waals surface area contributed by atoms with E-state index in [0.717, 1.165) is 27.0 Å². The first-order chi connectivity index (χ1) is 12.9. The van der Waals surface area contributed by atoms with E-state index >= 15 is 0 Å². The Morgan fingerprint density at radius 2 is 1.85 bits per heavy atom. The lowest BCUT2D eigenvalue weighted by molar-refractivity contribution is 0.304. The van der Waals surface area contributed by atoms with Crippen molar-refractivity contribution < 1.29 is 9.13 Å². The number of pyridine rings is 1. The van der Waals surface area contributed by atoms with Crippen LogP contribution in [-0.2, 0) is 13.2 Å². The number of ether oxygens (including phenoxy) is 1. The molecule has 0 aliphatic rings. The summed E-state index contributed by atoms with van der Waals surface area (Å²) >= 11 is 3.33. The molecule has 1 aromatic heterocycles. The maximum absolute atomic E-state index is 13.3. The van der Waals surface area contributed by atoms with Gasteiger partial charge in [-0.05, 0) is 61.2 Å². The Bertz CT molecular complexity index is 1060. The predicted molar refractivity (Wildman–Crippen MR) is 123 cm³/mol. The molecular weight excluding hydrogens is 466 g/mol. The van der Waals surface area contributed by atoms with E-state index in [9.17, 15) is 9.18 Å². The minimum absolute atomic E-state index is 0.227. The number of aromatic nitrogens is 1. The lowest BCUT2D eigenvalue weighted by atomic mass is 10.2. The maximum atomic E-state index is 13.3. The Morgan fingerprint density at radius 1 is 1.07 bits per heavy atom. The van der Waals surface area contributed by atoms with Crippen LogP contribution in [0, 0.1) is 5.82 Å². The number of halogens is 2. The van der Waals surface area contributed by atoms with Crippen LogP contribution in [0.25, 0.3) is 0 Å². The molecule has 0 bridgehead atoms. The number of nitrogens with zero attached hydrogens (tertiary/aromatic N) is 1. The fourth-order valence-corrected chi connectivity index (χ4v) is 4.10. The third kappa shape index (κ3) is 4.84. The van der Waals surface area contributed by atoms with Gasteiger partial charge in [-0.25, -0.2) is 4.39 Å². The molecule has 3 aromatic rings. The van der Waals surface area contributed by atoms with Crippen LogP contribution >= 0.6 is 43.6 Å². The second kappa shape index (κ2) is 8.93. The van der Waals surface area contributed by atoms with Crippen LogP contribution in [0.1, 0.15) is 11.1 Å². The highest BCUT2D eigenvalue weighted by Gasteiger charge is 2.11. The van der Waals surface area contributed by atoms with Crippen LogP contribution in [0.4, 0.5) is 4.39 Å². The largest absolute Gasteiger partial charge is 0.487 e. The summed E-state index contributed by atoms with van der Waals surface area (Å²) in [4.78, 5) is 12.6. The summed E-state index contributed by atoms with van der Waals surface area (Å²) in [5.41, 5.74) is 1.51. The van der Waals surface area contributed by atoms with E-state index in [1.165, 1.54) is 16.7 Å². The van der Waals surface area contributed by atoms with Crippen molar-refractivity contribution in [2.45, 2.75) is 13.2 Å². The minimum Gasteiger partial charge on any atom is -0.487 e. The highest BCUT2D eigenvalue weighted by Crippen LogP contribution is 2.22. The Hall–Kier alpha value is -1.11. The van der Waals surface area contributed by atoms with Crippen molar-refractivity contribution in [1.82, 2.24) is 4.57 Å². The van der Waals surface area contributed by atoms with E-state index in [4.69, 9.17) is 4.74 Å². The van der Waals surface area contributed by atoms with Crippen LogP contribution in [0.2, 0.25) is 0 Å². The molecule has 2 aromatic carbocycles. The number of rotatable bonds is 5. The first kappa shape index (κ1) is 20.6. The highest BCUT2D eigenvalue weighted by atomic mass is 79.9. The lowest BCUT2D eigenvalue weighted by Crippen LogP contribution is -2.27. The van der Waals surface area contributed by atoms with Crippen molar-refractivity contribution in [3.8, 4) is 5.75 Å². The molecule has 27 heavy (non-hydrogen) atoms. The quantitative estimate of drug-likeness (QED) is 0.522. The van der Waals surface area contributed by atoms with Gasteiger partial charge in [0.15, 0.2) is 0 Å². The SMILES string of the molecule is O=c1c(Br)c(OCc2ccc(P)c(P)c2P)ccn1Cc1cccc(F)c1. The zero-order valence-corrected chi connectivity index (χ0v) is 19.3. The first-order valence-electron chi connectivity index (χ1n) is 8.05. The molecule has 0 saturated carbocycles. The highest BCUT2D eigenvalue weighted by molar-refractivity contribution is 9.10. The van der Waals surface area contributed by atoms with Crippen LogP contribution in [-0.4, -0.2) is 4.57 Å². The number of benzene rings is 2. The van der Waals surface area contributed by atoms with Crippen LogP contribution in [0.3, 0.4) is 0 Å². The monoisotopic (exact) mass is 483 g/mol. The van der Waals surface area contributed by atoms with Gasteiger partial charge in [-0.2, -0.15) is 0 Å². The molecule has 0 saturated heterocycles. The van der Waals surface area contributed by atoms with Gasteiger partial charge in [-0.1, -0.05) is 24.3 Å². The molecule has 0 aliphatic heterocycles. The van der Waals surface area contributed by atoms with E-state index in [-0.39, 0.29) is 17.9 Å². The third-order valence-electron chi connectivity index (χ3n) is 4.11. The average molecular weight is 484 g/mol. The summed E-state index contributed by atoms with van der Waals surface area (Å²) in [7, 11) is 8.13. The van der Waals surface area contributed by atoms with Crippen molar-refractivity contribution in [2.75, 3.05) is 0 Å². The summed E-state index contributed by atoms with van der Waals surface area (Å²) in [5, 5.41) is 3.26. The Morgan fingerprint density at radius 3 is 2.59 bits per heavy atom. The van der Waals surface area contributed by atoms with E-state index in [1.807, 2.05) is 12.1 Å². The van der Waals surface area contributed by atoms with Crippen LogP contribution in [0.15, 0.2) is 57.9 Å². The zero-order valence-electron chi connectivity index (χ0n) is 14.3. The Kier molecular flexibility index (Phi) is 6.82. The predicted octanol–water partition coefficient (Wildman–Crippen LogP) is 2.88. The van der Waals surface area contributed by atoms with E-state index in [1.54, 1.807) is 24.4 Å². The molecule has 1 heterocycles. The standard InChI is InChI=1S/C19H18BrFNO2P3/c20-16-14(24-10-12-4-5-15(25)18(27)17(12)26)6-7-22(19(16)23)9-11-2-1-3-13(21)8-11/h1-8H,9-10,25-27H2. The van der Waals surface area contributed by atoms with Crippen molar-refractivity contribution >= 4 is 59.6 Å². The molecule has 8 heteroatoms. The van der Waals surface area contributed by atoms with Gasteiger partial charge < -0.3 is 9.30 Å². The molecule has 3 rings (SSSR count). The molecule has 3 atom stereocenters. The summed E-state index contributed by atoms with van der Waals surface area (Å²) in [6.07, 6.45) is 1.65. The maximum Gasteiger partial charge on any atom is 0.268 e. The van der Waals surface area contributed by atoms with E-state index in [0.29, 0.717) is 16.8 Å². The van der Waals surface area contributed by atoms with E-state index in [2.05, 4.69) is 43.6 Å². The van der Waals surface area contributed by atoms with Gasteiger partial charge in [0.05, 0.1) is 6.54 Å². The fourth-order valence-electron chi connectivity index (χ4n) is 2.58. The molecule has 140 valence electrons. The van der Waals surface area contributed by atoms with Gasteiger partial charge in [0.1, 0.15) is 22.6 Å².